The summed E-state index contributed by atoms with van der Waals surface area (Å²) in [7, 11) is 0. The van der Waals surface area contributed by atoms with Crippen LogP contribution in [0.2, 0.25) is 0 Å². The fourth-order valence-electron chi connectivity index (χ4n) is 2.83. The minimum absolute atomic E-state index is 0.00659. The molecule has 0 radical (unpaired) electrons. The van der Waals surface area contributed by atoms with Crippen LogP contribution in [0.3, 0.4) is 0 Å². The number of carbonyl (C=O) groups excluding carboxylic acids is 1. The molecule has 2 aromatic rings. The van der Waals surface area contributed by atoms with E-state index >= 15 is 0 Å². The molecule has 1 aromatic heterocycles. The fourth-order valence-corrected chi connectivity index (χ4v) is 2.83. The first-order valence-electron chi connectivity index (χ1n) is 8.55. The first-order chi connectivity index (χ1) is 13.0. The standard InChI is InChI=1S/C19H20FNO6/c20-13-1-3-14(4-2-13)26-11-15-5-6-16(27-15)17(22)21-12-19(18(23)24)7-9-25-10-8-19/h1-6H,7-12H2,(H,21,22)(H,23,24). The molecule has 0 atom stereocenters. The monoisotopic (exact) mass is 377 g/mol. The number of rotatable bonds is 7. The van der Waals surface area contributed by atoms with Crippen molar-refractivity contribution in [3.63, 3.8) is 0 Å². The number of carboxylic acids is 1. The van der Waals surface area contributed by atoms with Crippen LogP contribution in [0.4, 0.5) is 4.39 Å². The topological polar surface area (TPSA) is 98.0 Å². The van der Waals surface area contributed by atoms with E-state index in [1.54, 1.807) is 6.07 Å². The van der Waals surface area contributed by atoms with Crippen LogP contribution >= 0.6 is 0 Å². The molecule has 1 saturated heterocycles. The van der Waals surface area contributed by atoms with Crippen LogP contribution in [0.5, 0.6) is 5.75 Å². The summed E-state index contributed by atoms with van der Waals surface area (Å²) in [5.41, 5.74) is -1.02. The zero-order valence-corrected chi connectivity index (χ0v) is 14.6. The maximum Gasteiger partial charge on any atom is 0.311 e. The van der Waals surface area contributed by atoms with Crippen LogP contribution in [0.25, 0.3) is 0 Å². The van der Waals surface area contributed by atoms with E-state index in [2.05, 4.69) is 5.32 Å². The Hall–Kier alpha value is -2.87. The van der Waals surface area contributed by atoms with Gasteiger partial charge < -0.3 is 24.3 Å². The van der Waals surface area contributed by atoms with Crippen molar-refractivity contribution in [1.29, 1.82) is 0 Å². The molecule has 1 aromatic carbocycles. The van der Waals surface area contributed by atoms with Crippen LogP contribution in [0.1, 0.15) is 29.2 Å². The van der Waals surface area contributed by atoms with E-state index in [4.69, 9.17) is 13.9 Å². The maximum atomic E-state index is 12.9. The molecule has 1 amide bonds. The number of aliphatic carboxylic acids is 1. The van der Waals surface area contributed by atoms with E-state index in [1.165, 1.54) is 30.3 Å². The molecular weight excluding hydrogens is 357 g/mol. The van der Waals surface area contributed by atoms with Gasteiger partial charge in [-0.05, 0) is 49.2 Å². The Balaban J connectivity index is 1.54. The average Bonchev–Trinajstić information content (AvgIpc) is 3.15. The molecular formula is C19H20FNO6. The van der Waals surface area contributed by atoms with Gasteiger partial charge in [-0.2, -0.15) is 0 Å². The lowest BCUT2D eigenvalue weighted by Crippen LogP contribution is -2.46. The Morgan fingerprint density at radius 2 is 1.85 bits per heavy atom. The van der Waals surface area contributed by atoms with Gasteiger partial charge in [-0.3, -0.25) is 9.59 Å². The van der Waals surface area contributed by atoms with Gasteiger partial charge in [0.1, 0.15) is 23.9 Å². The van der Waals surface area contributed by atoms with E-state index in [-0.39, 0.29) is 24.7 Å². The van der Waals surface area contributed by atoms with Gasteiger partial charge in [0.25, 0.3) is 5.91 Å². The Kier molecular flexibility index (Phi) is 5.75. The summed E-state index contributed by atoms with van der Waals surface area (Å²) >= 11 is 0. The molecule has 7 nitrogen and oxygen atoms in total. The molecule has 8 heteroatoms. The van der Waals surface area contributed by atoms with Crippen molar-refractivity contribution >= 4 is 11.9 Å². The second-order valence-corrected chi connectivity index (χ2v) is 6.39. The second kappa shape index (κ2) is 8.22. The van der Waals surface area contributed by atoms with Gasteiger partial charge in [0.2, 0.25) is 0 Å². The van der Waals surface area contributed by atoms with Gasteiger partial charge in [-0.1, -0.05) is 0 Å². The van der Waals surface area contributed by atoms with Crippen molar-refractivity contribution in [2.24, 2.45) is 5.41 Å². The summed E-state index contributed by atoms with van der Waals surface area (Å²) in [6, 6.07) is 8.64. The van der Waals surface area contributed by atoms with Gasteiger partial charge in [0.05, 0.1) is 5.41 Å². The van der Waals surface area contributed by atoms with E-state index < -0.39 is 17.3 Å². The highest BCUT2D eigenvalue weighted by Crippen LogP contribution is 2.30. The number of benzene rings is 1. The third kappa shape index (κ3) is 4.65. The molecule has 2 N–H and O–H groups in total. The van der Waals surface area contributed by atoms with E-state index in [9.17, 15) is 19.1 Å². The summed E-state index contributed by atoms with van der Waals surface area (Å²) in [6.45, 7) is 0.795. The van der Waals surface area contributed by atoms with Crippen LogP contribution < -0.4 is 10.1 Å². The maximum absolute atomic E-state index is 12.9. The van der Waals surface area contributed by atoms with Crippen molar-refractivity contribution in [3.05, 3.63) is 53.7 Å². The number of amides is 1. The highest BCUT2D eigenvalue weighted by Gasteiger charge is 2.40. The third-order valence-electron chi connectivity index (χ3n) is 4.57. The number of halogens is 1. The van der Waals surface area contributed by atoms with E-state index in [0.29, 0.717) is 37.6 Å². The predicted molar refractivity (Wildman–Crippen MR) is 91.9 cm³/mol. The van der Waals surface area contributed by atoms with Crippen molar-refractivity contribution in [2.75, 3.05) is 19.8 Å². The summed E-state index contributed by atoms with van der Waals surface area (Å²) in [5, 5.41) is 12.1. The van der Waals surface area contributed by atoms with Crippen molar-refractivity contribution in [2.45, 2.75) is 19.4 Å². The lowest BCUT2D eigenvalue weighted by atomic mass is 9.80. The largest absolute Gasteiger partial charge is 0.486 e. The highest BCUT2D eigenvalue weighted by atomic mass is 19.1. The summed E-state index contributed by atoms with van der Waals surface area (Å²) in [6.07, 6.45) is 0.690. The number of carboxylic acid groups (broad SMARTS) is 1. The van der Waals surface area contributed by atoms with Crippen LogP contribution in [0, 0.1) is 11.2 Å². The minimum Gasteiger partial charge on any atom is -0.486 e. The van der Waals surface area contributed by atoms with Crippen molar-refractivity contribution in [1.82, 2.24) is 5.32 Å². The van der Waals surface area contributed by atoms with Crippen LogP contribution in [-0.4, -0.2) is 36.7 Å². The van der Waals surface area contributed by atoms with E-state index in [1.807, 2.05) is 0 Å². The Bertz CT molecular complexity index is 795. The van der Waals surface area contributed by atoms with Gasteiger partial charge in [0, 0.05) is 19.8 Å². The molecule has 144 valence electrons. The summed E-state index contributed by atoms with van der Waals surface area (Å²) < 4.78 is 29.0. The number of furan rings is 1. The molecule has 1 aliphatic heterocycles. The lowest BCUT2D eigenvalue weighted by Gasteiger charge is -2.32. The smallest absolute Gasteiger partial charge is 0.311 e. The van der Waals surface area contributed by atoms with Crippen LogP contribution in [0.15, 0.2) is 40.8 Å². The number of nitrogens with one attached hydrogen (secondary N) is 1. The minimum atomic E-state index is -1.02. The quantitative estimate of drug-likeness (QED) is 0.770. The molecule has 1 aliphatic rings. The average molecular weight is 377 g/mol. The molecule has 27 heavy (non-hydrogen) atoms. The molecule has 0 spiro atoms. The number of hydrogen-bond acceptors (Lipinski definition) is 5. The first-order valence-corrected chi connectivity index (χ1v) is 8.55. The predicted octanol–water partition coefficient (Wildman–Crippen LogP) is 2.61. The third-order valence-corrected chi connectivity index (χ3v) is 4.57. The first kappa shape index (κ1) is 18.9. The van der Waals surface area contributed by atoms with Crippen molar-refractivity contribution in [3.8, 4) is 5.75 Å². The highest BCUT2D eigenvalue weighted by molar-refractivity contribution is 5.92. The molecule has 0 aliphatic carbocycles. The molecule has 3 rings (SSSR count). The normalized spacial score (nSPS) is 15.9. The van der Waals surface area contributed by atoms with Gasteiger partial charge in [0.15, 0.2) is 5.76 Å². The zero-order chi connectivity index (χ0) is 19.3. The fraction of sp³-hybridized carbons (Fsp3) is 0.368. The van der Waals surface area contributed by atoms with E-state index in [0.717, 1.165) is 0 Å². The van der Waals surface area contributed by atoms with Crippen molar-refractivity contribution < 1.29 is 33.0 Å². The Labute approximate surface area is 155 Å². The molecule has 0 saturated carbocycles. The molecule has 0 bridgehead atoms. The van der Waals surface area contributed by atoms with Gasteiger partial charge in [-0.25, -0.2) is 4.39 Å². The van der Waals surface area contributed by atoms with Gasteiger partial charge >= 0.3 is 5.97 Å². The van der Waals surface area contributed by atoms with Crippen LogP contribution in [-0.2, 0) is 16.1 Å². The Morgan fingerprint density at radius 1 is 1.15 bits per heavy atom. The second-order valence-electron chi connectivity index (χ2n) is 6.39. The number of carbonyl (C=O) groups is 2. The lowest BCUT2D eigenvalue weighted by molar-refractivity contribution is -0.154. The van der Waals surface area contributed by atoms with Gasteiger partial charge in [-0.15, -0.1) is 0 Å². The zero-order valence-electron chi connectivity index (χ0n) is 14.6. The number of hydrogen-bond donors (Lipinski definition) is 2. The molecule has 0 unspecified atom stereocenters. The Morgan fingerprint density at radius 3 is 2.52 bits per heavy atom. The molecule has 2 heterocycles. The summed E-state index contributed by atoms with van der Waals surface area (Å²) in [4.78, 5) is 23.9. The summed E-state index contributed by atoms with van der Waals surface area (Å²) in [5.74, 6) is -0.831. The number of ether oxygens (including phenoxy) is 2. The molecule has 1 fully saturated rings. The SMILES string of the molecule is O=C(NCC1(C(=O)O)CCOCC1)c1ccc(COc2ccc(F)cc2)o1.